The van der Waals surface area contributed by atoms with Gasteiger partial charge >= 0.3 is 0 Å². The number of ketones is 2. The third kappa shape index (κ3) is 0.906. The quantitative estimate of drug-likeness (QED) is 0.533. The van der Waals surface area contributed by atoms with Crippen molar-refractivity contribution >= 4 is 11.6 Å². The number of para-hydroxylation sites is 1. The molecule has 0 spiro atoms. The summed E-state index contributed by atoms with van der Waals surface area (Å²) < 4.78 is 4.91. The van der Waals surface area contributed by atoms with E-state index in [9.17, 15) is 9.59 Å². The lowest BCUT2D eigenvalue weighted by molar-refractivity contribution is -0.114. The van der Waals surface area contributed by atoms with Gasteiger partial charge in [0.2, 0.25) is 18.2 Å². The fourth-order valence-corrected chi connectivity index (χ4v) is 1.06. The highest BCUT2D eigenvalue weighted by Crippen LogP contribution is 2.23. The van der Waals surface area contributed by atoms with Gasteiger partial charge in [0.05, 0.1) is 5.56 Å². The third-order valence-electron chi connectivity index (χ3n) is 1.65. The fraction of sp³-hybridized carbons (Fsp3) is 0. The maximum absolute atomic E-state index is 11.2. The topological polar surface area (TPSA) is 43.4 Å². The molecule has 12 heavy (non-hydrogen) atoms. The highest BCUT2D eigenvalue weighted by molar-refractivity contribution is 6.47. The summed E-state index contributed by atoms with van der Waals surface area (Å²) in [6.45, 7) is 0.935. The zero-order valence-corrected chi connectivity index (χ0v) is 6.11. The van der Waals surface area contributed by atoms with Crippen LogP contribution in [-0.4, -0.2) is 11.6 Å². The smallest absolute Gasteiger partial charge is 0.248 e. The van der Waals surface area contributed by atoms with Gasteiger partial charge in [-0.25, -0.2) is 0 Å². The summed E-state index contributed by atoms with van der Waals surface area (Å²) in [6, 6.07) is 6.66. The van der Waals surface area contributed by atoms with Crippen molar-refractivity contribution in [1.29, 1.82) is 0 Å². The van der Waals surface area contributed by atoms with Crippen LogP contribution < -0.4 is 4.74 Å². The lowest BCUT2D eigenvalue weighted by Gasteiger charge is -2.12. The number of Topliss-reactive ketones (excluding diaryl/α,β-unsaturated/α-hetero) is 2. The van der Waals surface area contributed by atoms with Gasteiger partial charge < -0.3 is 4.74 Å². The van der Waals surface area contributed by atoms with Crippen molar-refractivity contribution in [3.8, 4) is 5.75 Å². The molecule has 2 rings (SSSR count). The molecule has 0 fully saturated rings. The SMILES string of the molecule is O=C1[CH]Oc2ccccc2C1=O. The second kappa shape index (κ2) is 2.44. The molecule has 0 unspecified atom stereocenters. The summed E-state index contributed by atoms with van der Waals surface area (Å²) in [6.07, 6.45) is 0. The van der Waals surface area contributed by atoms with Crippen LogP contribution in [0.25, 0.3) is 0 Å². The number of carbonyl (C=O) groups is 2. The van der Waals surface area contributed by atoms with Crippen molar-refractivity contribution in [1.82, 2.24) is 0 Å². The number of hydrogen-bond acceptors (Lipinski definition) is 3. The number of benzene rings is 1. The molecule has 0 aromatic heterocycles. The molecule has 0 amide bonds. The largest absolute Gasteiger partial charge is 0.477 e. The lowest BCUT2D eigenvalue weighted by atomic mass is 10.0. The van der Waals surface area contributed by atoms with E-state index in [2.05, 4.69) is 0 Å². The molecule has 3 nitrogen and oxygen atoms in total. The zero-order chi connectivity index (χ0) is 8.55. The van der Waals surface area contributed by atoms with Crippen molar-refractivity contribution in [3.05, 3.63) is 36.4 Å². The number of ether oxygens (including phenoxy) is 1. The summed E-state index contributed by atoms with van der Waals surface area (Å²) in [4.78, 5) is 22.0. The Morgan fingerprint density at radius 2 is 1.83 bits per heavy atom. The van der Waals surface area contributed by atoms with Gasteiger partial charge in [0.1, 0.15) is 5.75 Å². The first kappa shape index (κ1) is 7.03. The average Bonchev–Trinajstić information content (AvgIpc) is 2.12. The van der Waals surface area contributed by atoms with E-state index in [0.717, 1.165) is 6.61 Å². The Balaban J connectivity index is 2.56. The first-order valence-electron chi connectivity index (χ1n) is 3.46. The monoisotopic (exact) mass is 161 g/mol. The van der Waals surface area contributed by atoms with Crippen LogP contribution in [0.3, 0.4) is 0 Å². The molecular weight excluding hydrogens is 156 g/mol. The zero-order valence-electron chi connectivity index (χ0n) is 6.11. The maximum Gasteiger partial charge on any atom is 0.248 e. The van der Waals surface area contributed by atoms with Gasteiger partial charge in [-0.1, -0.05) is 12.1 Å². The van der Waals surface area contributed by atoms with E-state index in [1.54, 1.807) is 24.3 Å². The minimum atomic E-state index is -0.603. The van der Waals surface area contributed by atoms with Gasteiger partial charge in [-0.3, -0.25) is 9.59 Å². The molecule has 0 atom stereocenters. The van der Waals surface area contributed by atoms with Crippen LogP contribution in [0.1, 0.15) is 10.4 Å². The predicted molar refractivity (Wildman–Crippen MR) is 40.7 cm³/mol. The Kier molecular flexibility index (Phi) is 1.43. The second-order valence-electron chi connectivity index (χ2n) is 2.43. The average molecular weight is 161 g/mol. The molecule has 1 aromatic rings. The lowest BCUT2D eigenvalue weighted by Crippen LogP contribution is -2.23. The maximum atomic E-state index is 11.2. The van der Waals surface area contributed by atoms with Gasteiger partial charge in [-0.15, -0.1) is 0 Å². The van der Waals surface area contributed by atoms with Gasteiger partial charge in [0.15, 0.2) is 0 Å². The van der Waals surface area contributed by atoms with Crippen molar-refractivity contribution in [2.24, 2.45) is 0 Å². The number of rotatable bonds is 0. The Bertz CT molecular complexity index is 355. The molecule has 0 N–H and O–H groups in total. The molecule has 1 aliphatic rings. The van der Waals surface area contributed by atoms with Crippen molar-refractivity contribution in [3.63, 3.8) is 0 Å². The van der Waals surface area contributed by atoms with Crippen LogP contribution >= 0.6 is 0 Å². The van der Waals surface area contributed by atoms with Gasteiger partial charge in [-0.05, 0) is 12.1 Å². The molecule has 1 aliphatic heterocycles. The minimum absolute atomic E-state index is 0.338. The Morgan fingerprint density at radius 1 is 1.08 bits per heavy atom. The van der Waals surface area contributed by atoms with Crippen molar-refractivity contribution < 1.29 is 14.3 Å². The summed E-state index contributed by atoms with van der Waals surface area (Å²) in [5.41, 5.74) is 0.338. The minimum Gasteiger partial charge on any atom is -0.477 e. The first-order valence-corrected chi connectivity index (χ1v) is 3.46. The van der Waals surface area contributed by atoms with Crippen LogP contribution in [0.4, 0.5) is 0 Å². The van der Waals surface area contributed by atoms with Gasteiger partial charge in [-0.2, -0.15) is 0 Å². The van der Waals surface area contributed by atoms with E-state index < -0.39 is 11.6 Å². The van der Waals surface area contributed by atoms with Gasteiger partial charge in [0.25, 0.3) is 0 Å². The molecule has 0 saturated heterocycles. The molecule has 0 saturated carbocycles. The predicted octanol–water partition coefficient (Wildman–Crippen LogP) is 0.993. The molecule has 59 valence electrons. The molecule has 1 aromatic carbocycles. The molecule has 1 radical (unpaired) electrons. The van der Waals surface area contributed by atoms with Crippen molar-refractivity contribution in [2.45, 2.75) is 0 Å². The van der Waals surface area contributed by atoms with Crippen LogP contribution in [0.15, 0.2) is 24.3 Å². The molecule has 1 heterocycles. The van der Waals surface area contributed by atoms with E-state index in [1.165, 1.54) is 0 Å². The Labute approximate surface area is 69.0 Å². The molecule has 0 bridgehead atoms. The summed E-state index contributed by atoms with van der Waals surface area (Å²) in [5.74, 6) is -0.660. The number of hydrogen-bond donors (Lipinski definition) is 0. The van der Waals surface area contributed by atoms with Gasteiger partial charge in [0, 0.05) is 0 Å². The Morgan fingerprint density at radius 3 is 2.67 bits per heavy atom. The first-order chi connectivity index (χ1) is 5.79. The number of carbonyl (C=O) groups excluding carboxylic acids is 2. The van der Waals surface area contributed by atoms with E-state index in [1.807, 2.05) is 0 Å². The number of fused-ring (bicyclic) bond motifs is 1. The second-order valence-corrected chi connectivity index (χ2v) is 2.43. The highest BCUT2D eigenvalue weighted by Gasteiger charge is 2.26. The van der Waals surface area contributed by atoms with Crippen molar-refractivity contribution in [2.75, 3.05) is 0 Å². The summed E-state index contributed by atoms with van der Waals surface area (Å²) in [5, 5.41) is 0. The fourth-order valence-electron chi connectivity index (χ4n) is 1.06. The van der Waals surface area contributed by atoms with E-state index >= 15 is 0 Å². The normalized spacial score (nSPS) is 15.3. The molecular formula is C9H5O3. The molecule has 3 heteroatoms. The third-order valence-corrected chi connectivity index (χ3v) is 1.65. The summed E-state index contributed by atoms with van der Waals surface area (Å²) >= 11 is 0. The summed E-state index contributed by atoms with van der Waals surface area (Å²) in [7, 11) is 0. The van der Waals surface area contributed by atoms with E-state index in [0.29, 0.717) is 11.3 Å². The van der Waals surface area contributed by atoms with Crippen LogP contribution in [0.5, 0.6) is 5.75 Å². The van der Waals surface area contributed by atoms with Crippen LogP contribution in [0, 0.1) is 6.61 Å². The van der Waals surface area contributed by atoms with E-state index in [4.69, 9.17) is 4.74 Å². The highest BCUT2D eigenvalue weighted by atomic mass is 16.5. The van der Waals surface area contributed by atoms with Crippen LogP contribution in [-0.2, 0) is 4.79 Å². The molecule has 0 aliphatic carbocycles. The van der Waals surface area contributed by atoms with Crippen LogP contribution in [0.2, 0.25) is 0 Å². The van der Waals surface area contributed by atoms with E-state index in [-0.39, 0.29) is 0 Å². The standard InChI is InChI=1S/C9H5O3/c10-7-5-12-8-4-2-1-3-6(8)9(7)11/h1-5H. The Hall–Kier alpha value is -1.64.